The van der Waals surface area contributed by atoms with Gasteiger partial charge in [-0.3, -0.25) is 9.59 Å². The molecule has 2 N–H and O–H groups in total. The van der Waals surface area contributed by atoms with Crippen LogP contribution in [0.2, 0.25) is 0 Å². The van der Waals surface area contributed by atoms with E-state index in [0.717, 1.165) is 0 Å². The summed E-state index contributed by atoms with van der Waals surface area (Å²) in [5, 5.41) is 5.19. The molecular weight excluding hydrogens is 398 g/mol. The third kappa shape index (κ3) is 7.23. The molecule has 0 aliphatic carbocycles. The second-order valence-corrected chi connectivity index (χ2v) is 6.10. The number of amides is 2. The maximum absolute atomic E-state index is 12.5. The van der Waals surface area contributed by atoms with Crippen LogP contribution in [0.1, 0.15) is 22.8 Å². The summed E-state index contributed by atoms with van der Waals surface area (Å²) in [6.07, 6.45) is 0.391. The van der Waals surface area contributed by atoms with Crippen LogP contribution >= 0.6 is 0 Å². The zero-order valence-corrected chi connectivity index (χ0v) is 16.7. The number of rotatable bonds is 11. The molecule has 0 unspecified atom stereocenters. The lowest BCUT2D eigenvalue weighted by Gasteiger charge is -2.12. The molecule has 2 aromatic carbocycles. The number of alkyl halides is 2. The van der Waals surface area contributed by atoms with E-state index in [1.54, 1.807) is 30.3 Å². The van der Waals surface area contributed by atoms with Crippen molar-refractivity contribution in [3.05, 3.63) is 53.6 Å². The monoisotopic (exact) mass is 422 g/mol. The van der Waals surface area contributed by atoms with Gasteiger partial charge in [-0.2, -0.15) is 8.78 Å². The van der Waals surface area contributed by atoms with Crippen molar-refractivity contribution in [3.8, 4) is 17.2 Å². The van der Waals surface area contributed by atoms with Crippen LogP contribution in [0.3, 0.4) is 0 Å². The number of nitrogens with one attached hydrogen (secondary N) is 2. The summed E-state index contributed by atoms with van der Waals surface area (Å²) in [6, 6.07) is 11.2. The van der Waals surface area contributed by atoms with Gasteiger partial charge in [0.1, 0.15) is 5.75 Å². The molecule has 30 heavy (non-hydrogen) atoms. The van der Waals surface area contributed by atoms with Gasteiger partial charge in [-0.25, -0.2) is 0 Å². The minimum Gasteiger partial charge on any atom is -0.494 e. The molecule has 0 aromatic heterocycles. The van der Waals surface area contributed by atoms with Crippen LogP contribution in [-0.2, 0) is 11.2 Å². The molecule has 0 aliphatic heterocycles. The smallest absolute Gasteiger partial charge is 0.387 e. The molecular formula is C21H24F2N2O5. The summed E-state index contributed by atoms with van der Waals surface area (Å²) < 4.78 is 39.7. The van der Waals surface area contributed by atoms with E-state index in [0.29, 0.717) is 29.9 Å². The van der Waals surface area contributed by atoms with Crippen molar-refractivity contribution in [3.63, 3.8) is 0 Å². The third-order valence-corrected chi connectivity index (χ3v) is 4.02. The maximum Gasteiger partial charge on any atom is 0.387 e. The fourth-order valence-corrected chi connectivity index (χ4v) is 2.61. The van der Waals surface area contributed by atoms with Gasteiger partial charge in [-0.05, 0) is 55.3 Å². The summed E-state index contributed by atoms with van der Waals surface area (Å²) in [5.74, 6) is 0.0375. The van der Waals surface area contributed by atoms with E-state index in [-0.39, 0.29) is 36.4 Å². The van der Waals surface area contributed by atoms with Gasteiger partial charge in [0.2, 0.25) is 5.91 Å². The van der Waals surface area contributed by atoms with Gasteiger partial charge >= 0.3 is 6.61 Å². The van der Waals surface area contributed by atoms with Crippen molar-refractivity contribution in [2.45, 2.75) is 20.0 Å². The van der Waals surface area contributed by atoms with E-state index < -0.39 is 6.61 Å². The van der Waals surface area contributed by atoms with Gasteiger partial charge in [-0.1, -0.05) is 6.07 Å². The molecule has 2 rings (SSSR count). The van der Waals surface area contributed by atoms with Crippen molar-refractivity contribution in [2.24, 2.45) is 0 Å². The molecule has 9 heteroatoms. The Labute approximate surface area is 173 Å². The Morgan fingerprint density at radius 2 is 1.77 bits per heavy atom. The van der Waals surface area contributed by atoms with Crippen LogP contribution in [0, 0.1) is 0 Å². The fraction of sp³-hybridized carbons (Fsp3) is 0.333. The number of carbonyl (C=O) groups excluding carboxylic acids is 2. The van der Waals surface area contributed by atoms with Crippen LogP contribution in [0.15, 0.2) is 42.5 Å². The molecule has 0 aliphatic rings. The summed E-state index contributed by atoms with van der Waals surface area (Å²) in [4.78, 5) is 24.0. The Morgan fingerprint density at radius 1 is 1.03 bits per heavy atom. The van der Waals surface area contributed by atoms with Crippen molar-refractivity contribution in [1.29, 1.82) is 0 Å². The highest BCUT2D eigenvalue weighted by Gasteiger charge is 2.12. The largest absolute Gasteiger partial charge is 0.494 e. The van der Waals surface area contributed by atoms with Gasteiger partial charge in [-0.15, -0.1) is 0 Å². The Balaban J connectivity index is 1.77. The molecule has 2 aromatic rings. The zero-order chi connectivity index (χ0) is 21.9. The molecule has 0 saturated heterocycles. The quantitative estimate of drug-likeness (QED) is 0.582. The third-order valence-electron chi connectivity index (χ3n) is 4.02. The van der Waals surface area contributed by atoms with Gasteiger partial charge in [0.25, 0.3) is 5.91 Å². The van der Waals surface area contributed by atoms with Crippen molar-refractivity contribution in [2.75, 3.05) is 26.8 Å². The first-order chi connectivity index (χ1) is 14.4. The number of benzene rings is 2. The summed E-state index contributed by atoms with van der Waals surface area (Å²) >= 11 is 0. The van der Waals surface area contributed by atoms with E-state index in [2.05, 4.69) is 15.4 Å². The molecule has 7 nitrogen and oxygen atoms in total. The predicted molar refractivity (Wildman–Crippen MR) is 106 cm³/mol. The molecule has 0 radical (unpaired) electrons. The topological polar surface area (TPSA) is 85.9 Å². The average Bonchev–Trinajstić information content (AvgIpc) is 2.72. The Hall–Kier alpha value is -3.36. The van der Waals surface area contributed by atoms with E-state index in [1.807, 2.05) is 6.92 Å². The van der Waals surface area contributed by atoms with E-state index >= 15 is 0 Å². The first-order valence-electron chi connectivity index (χ1n) is 9.32. The predicted octanol–water partition coefficient (Wildman–Crippen LogP) is 2.78. The fourth-order valence-electron chi connectivity index (χ4n) is 2.61. The minimum atomic E-state index is -2.96. The van der Waals surface area contributed by atoms with E-state index in [4.69, 9.17) is 9.47 Å². The highest BCUT2D eigenvalue weighted by Crippen LogP contribution is 2.29. The minimum absolute atomic E-state index is 0.0704. The highest BCUT2D eigenvalue weighted by molar-refractivity contribution is 5.96. The zero-order valence-electron chi connectivity index (χ0n) is 16.7. The second kappa shape index (κ2) is 11.6. The number of halogens is 2. The maximum atomic E-state index is 12.5. The number of hydrogen-bond acceptors (Lipinski definition) is 5. The first kappa shape index (κ1) is 22.9. The van der Waals surface area contributed by atoms with E-state index in [9.17, 15) is 18.4 Å². The average molecular weight is 422 g/mol. The molecule has 0 spiro atoms. The van der Waals surface area contributed by atoms with E-state index in [1.165, 1.54) is 19.2 Å². The summed E-state index contributed by atoms with van der Waals surface area (Å²) in [5.41, 5.74) is 1.10. The lowest BCUT2D eigenvalue weighted by atomic mass is 10.1. The molecule has 0 saturated carbocycles. The van der Waals surface area contributed by atoms with Crippen LogP contribution in [0.4, 0.5) is 8.78 Å². The highest BCUT2D eigenvalue weighted by atomic mass is 19.3. The van der Waals surface area contributed by atoms with Crippen LogP contribution in [0.25, 0.3) is 0 Å². The van der Waals surface area contributed by atoms with Gasteiger partial charge in [0.15, 0.2) is 11.5 Å². The molecule has 0 bridgehead atoms. The lowest BCUT2D eigenvalue weighted by molar-refractivity contribution is -0.120. The summed E-state index contributed by atoms with van der Waals surface area (Å²) in [7, 11) is 1.36. The van der Waals surface area contributed by atoms with Crippen molar-refractivity contribution < 1.29 is 32.6 Å². The Morgan fingerprint density at radius 3 is 2.40 bits per heavy atom. The van der Waals surface area contributed by atoms with Crippen LogP contribution < -0.4 is 24.8 Å². The standard InChI is InChI=1S/C21H24F2N2O5/c1-3-29-16-7-5-15(6-8-16)20(27)25-13-19(26)24-11-10-14-4-9-17(28-2)18(12-14)30-21(22)23/h4-9,12,21H,3,10-11,13H2,1-2H3,(H,24,26)(H,25,27). The SMILES string of the molecule is CCOc1ccc(C(=O)NCC(=O)NCCc2ccc(OC)c(OC(F)F)c2)cc1. The van der Waals surface area contributed by atoms with Gasteiger partial charge < -0.3 is 24.8 Å². The van der Waals surface area contributed by atoms with Crippen molar-refractivity contribution in [1.82, 2.24) is 10.6 Å². The molecule has 0 heterocycles. The first-order valence-corrected chi connectivity index (χ1v) is 9.32. The Kier molecular flexibility index (Phi) is 8.86. The number of methoxy groups -OCH3 is 1. The molecule has 2 amide bonds. The number of carbonyl (C=O) groups is 2. The van der Waals surface area contributed by atoms with Gasteiger partial charge in [0, 0.05) is 12.1 Å². The molecule has 162 valence electrons. The second-order valence-electron chi connectivity index (χ2n) is 6.10. The number of ether oxygens (including phenoxy) is 3. The molecule has 0 atom stereocenters. The Bertz CT molecular complexity index is 844. The van der Waals surface area contributed by atoms with Gasteiger partial charge in [0.05, 0.1) is 20.3 Å². The summed E-state index contributed by atoms with van der Waals surface area (Å²) in [6.45, 7) is -0.493. The number of hydrogen-bond donors (Lipinski definition) is 2. The lowest BCUT2D eigenvalue weighted by Crippen LogP contribution is -2.37. The molecule has 0 fully saturated rings. The van der Waals surface area contributed by atoms with Crippen LogP contribution in [-0.4, -0.2) is 45.2 Å². The van der Waals surface area contributed by atoms with Crippen LogP contribution in [0.5, 0.6) is 17.2 Å². The normalized spacial score (nSPS) is 10.4. The van der Waals surface area contributed by atoms with Crippen molar-refractivity contribution >= 4 is 11.8 Å².